The third-order valence-corrected chi connectivity index (χ3v) is 4.66. The van der Waals surface area contributed by atoms with Gasteiger partial charge >= 0.3 is 0 Å². The van der Waals surface area contributed by atoms with Crippen LogP contribution in [-0.4, -0.2) is 52.9 Å². The molecule has 2 fully saturated rings. The van der Waals surface area contributed by atoms with E-state index >= 15 is 0 Å². The van der Waals surface area contributed by atoms with E-state index in [0.717, 1.165) is 25.3 Å². The van der Waals surface area contributed by atoms with Crippen molar-refractivity contribution in [3.63, 3.8) is 0 Å². The van der Waals surface area contributed by atoms with Crippen LogP contribution in [0, 0.1) is 6.92 Å². The van der Waals surface area contributed by atoms with Crippen LogP contribution < -0.4 is 0 Å². The first-order valence-corrected chi connectivity index (χ1v) is 7.68. The van der Waals surface area contributed by atoms with E-state index in [1.54, 1.807) is 12.3 Å². The Balaban J connectivity index is 1.74. The van der Waals surface area contributed by atoms with Crippen molar-refractivity contribution >= 4 is 17.5 Å². The van der Waals surface area contributed by atoms with Crippen LogP contribution in [0.15, 0.2) is 12.3 Å². The second-order valence-electron chi connectivity index (χ2n) is 5.74. The van der Waals surface area contributed by atoms with Crippen LogP contribution in [0.3, 0.4) is 0 Å². The van der Waals surface area contributed by atoms with Crippen LogP contribution in [0.2, 0.25) is 5.02 Å². The highest BCUT2D eigenvalue weighted by Crippen LogP contribution is 2.24. The van der Waals surface area contributed by atoms with E-state index in [2.05, 4.69) is 9.88 Å². The lowest BCUT2D eigenvalue weighted by atomic mass is 9.99. The zero-order valence-corrected chi connectivity index (χ0v) is 12.6. The minimum absolute atomic E-state index is 0.0210. The molecule has 1 aromatic rings. The molecule has 2 aliphatic heterocycles. The van der Waals surface area contributed by atoms with Gasteiger partial charge in [-0.3, -0.25) is 14.7 Å². The summed E-state index contributed by atoms with van der Waals surface area (Å²) in [4.78, 5) is 21.2. The number of hydrogen-bond donors (Lipinski definition) is 0. The molecule has 2 saturated heterocycles. The summed E-state index contributed by atoms with van der Waals surface area (Å²) in [5.74, 6) is 0.0210. The van der Waals surface area contributed by atoms with Gasteiger partial charge in [-0.1, -0.05) is 18.0 Å². The highest BCUT2D eigenvalue weighted by atomic mass is 35.5. The Morgan fingerprint density at radius 1 is 1.35 bits per heavy atom. The SMILES string of the molecule is Cc1cc(Cl)c(C(=O)N2CCN3CCCCC3C2)cn1. The quantitative estimate of drug-likeness (QED) is 0.797. The van der Waals surface area contributed by atoms with Gasteiger partial charge < -0.3 is 4.90 Å². The molecule has 0 saturated carbocycles. The predicted octanol–water partition coefficient (Wildman–Crippen LogP) is 2.35. The number of piperazine rings is 1. The maximum absolute atomic E-state index is 12.6. The van der Waals surface area contributed by atoms with E-state index in [-0.39, 0.29) is 5.91 Å². The largest absolute Gasteiger partial charge is 0.336 e. The number of carbonyl (C=O) groups is 1. The van der Waals surface area contributed by atoms with Crippen LogP contribution in [0.5, 0.6) is 0 Å². The number of piperidine rings is 1. The summed E-state index contributed by atoms with van der Waals surface area (Å²) in [5.41, 5.74) is 1.37. The first kappa shape index (κ1) is 13.8. The van der Waals surface area contributed by atoms with Gasteiger partial charge in [-0.25, -0.2) is 0 Å². The van der Waals surface area contributed by atoms with Crippen LogP contribution >= 0.6 is 11.6 Å². The molecular formula is C15H20ClN3O. The average Bonchev–Trinajstić information content (AvgIpc) is 2.46. The minimum Gasteiger partial charge on any atom is -0.336 e. The van der Waals surface area contributed by atoms with E-state index in [4.69, 9.17) is 11.6 Å². The van der Waals surface area contributed by atoms with Crippen molar-refractivity contribution < 1.29 is 4.79 Å². The lowest BCUT2D eigenvalue weighted by Crippen LogP contribution is -2.56. The third kappa shape index (κ3) is 2.67. The van der Waals surface area contributed by atoms with Gasteiger partial charge in [-0.15, -0.1) is 0 Å². The smallest absolute Gasteiger partial charge is 0.257 e. The fourth-order valence-electron chi connectivity index (χ4n) is 3.19. The molecule has 3 heterocycles. The van der Waals surface area contributed by atoms with Crippen LogP contribution in [0.1, 0.15) is 35.3 Å². The Bertz CT molecular complexity index is 520. The molecule has 1 amide bonds. The normalized spacial score (nSPS) is 23.5. The maximum Gasteiger partial charge on any atom is 0.257 e. The molecule has 1 atom stereocenters. The van der Waals surface area contributed by atoms with Gasteiger partial charge in [0, 0.05) is 37.6 Å². The zero-order valence-electron chi connectivity index (χ0n) is 11.8. The predicted molar refractivity (Wildman–Crippen MR) is 79.1 cm³/mol. The number of hydrogen-bond acceptors (Lipinski definition) is 3. The molecule has 0 radical (unpaired) electrons. The summed E-state index contributed by atoms with van der Waals surface area (Å²) in [6.07, 6.45) is 5.37. The molecule has 2 aliphatic rings. The molecule has 0 aliphatic carbocycles. The van der Waals surface area contributed by atoms with Gasteiger partial charge in [0.25, 0.3) is 5.91 Å². The number of fused-ring (bicyclic) bond motifs is 1. The molecule has 0 aromatic carbocycles. The van der Waals surface area contributed by atoms with Crippen LogP contribution in [-0.2, 0) is 0 Å². The van der Waals surface area contributed by atoms with Crippen molar-refractivity contribution in [2.75, 3.05) is 26.2 Å². The van der Waals surface area contributed by atoms with Gasteiger partial charge in [0.05, 0.1) is 10.6 Å². The number of rotatable bonds is 1. The molecule has 0 spiro atoms. The van der Waals surface area contributed by atoms with Crippen molar-refractivity contribution in [1.82, 2.24) is 14.8 Å². The maximum atomic E-state index is 12.6. The van der Waals surface area contributed by atoms with Gasteiger partial charge in [0.15, 0.2) is 0 Å². The van der Waals surface area contributed by atoms with Crippen molar-refractivity contribution in [3.8, 4) is 0 Å². The lowest BCUT2D eigenvalue weighted by Gasteiger charge is -2.44. The first-order chi connectivity index (χ1) is 9.65. The third-order valence-electron chi connectivity index (χ3n) is 4.35. The monoisotopic (exact) mass is 293 g/mol. The minimum atomic E-state index is 0.0210. The summed E-state index contributed by atoms with van der Waals surface area (Å²) in [6.45, 7) is 5.65. The van der Waals surface area contributed by atoms with E-state index in [0.29, 0.717) is 16.6 Å². The van der Waals surface area contributed by atoms with Crippen molar-refractivity contribution in [2.24, 2.45) is 0 Å². The number of aromatic nitrogens is 1. The zero-order chi connectivity index (χ0) is 14.1. The molecule has 0 N–H and O–H groups in total. The van der Waals surface area contributed by atoms with E-state index in [1.165, 1.54) is 25.8 Å². The van der Waals surface area contributed by atoms with Gasteiger partial charge in [0.2, 0.25) is 0 Å². The molecule has 1 aromatic heterocycles. The van der Waals surface area contributed by atoms with Crippen LogP contribution in [0.25, 0.3) is 0 Å². The summed E-state index contributed by atoms with van der Waals surface area (Å²) < 4.78 is 0. The highest BCUT2D eigenvalue weighted by Gasteiger charge is 2.31. The molecular weight excluding hydrogens is 274 g/mol. The number of halogens is 1. The Hall–Kier alpha value is -1.13. The summed E-state index contributed by atoms with van der Waals surface area (Å²) >= 11 is 6.18. The Morgan fingerprint density at radius 3 is 3.00 bits per heavy atom. The molecule has 108 valence electrons. The summed E-state index contributed by atoms with van der Waals surface area (Å²) in [7, 11) is 0. The van der Waals surface area contributed by atoms with Gasteiger partial charge in [0.1, 0.15) is 0 Å². The van der Waals surface area contributed by atoms with E-state index in [1.807, 2.05) is 11.8 Å². The molecule has 5 heteroatoms. The molecule has 20 heavy (non-hydrogen) atoms. The van der Waals surface area contributed by atoms with Gasteiger partial charge in [-0.2, -0.15) is 0 Å². The lowest BCUT2D eigenvalue weighted by molar-refractivity contribution is 0.0372. The molecule has 3 rings (SSSR count). The topological polar surface area (TPSA) is 36.4 Å². The standard InChI is InChI=1S/C15H20ClN3O/c1-11-8-14(16)13(9-17-11)15(20)19-7-6-18-5-3-2-4-12(18)10-19/h8-9,12H,2-7,10H2,1H3. The first-order valence-electron chi connectivity index (χ1n) is 7.30. The number of aryl methyl sites for hydroxylation is 1. The van der Waals surface area contributed by atoms with E-state index in [9.17, 15) is 4.79 Å². The van der Waals surface area contributed by atoms with Crippen LogP contribution in [0.4, 0.5) is 0 Å². The number of carbonyl (C=O) groups excluding carboxylic acids is 1. The van der Waals surface area contributed by atoms with Crippen molar-refractivity contribution in [2.45, 2.75) is 32.2 Å². The highest BCUT2D eigenvalue weighted by molar-refractivity contribution is 6.33. The number of amides is 1. The summed E-state index contributed by atoms with van der Waals surface area (Å²) in [5, 5.41) is 0.508. The fraction of sp³-hybridized carbons (Fsp3) is 0.600. The van der Waals surface area contributed by atoms with Crippen molar-refractivity contribution in [3.05, 3.63) is 28.5 Å². The number of nitrogens with zero attached hydrogens (tertiary/aromatic N) is 3. The van der Waals surface area contributed by atoms with Crippen molar-refractivity contribution in [1.29, 1.82) is 0 Å². The second-order valence-corrected chi connectivity index (χ2v) is 6.15. The van der Waals surface area contributed by atoms with E-state index < -0.39 is 0 Å². The second kappa shape index (κ2) is 5.70. The Morgan fingerprint density at radius 2 is 2.20 bits per heavy atom. The Kier molecular flexibility index (Phi) is 3.94. The molecule has 4 nitrogen and oxygen atoms in total. The Labute approximate surface area is 124 Å². The molecule has 0 bridgehead atoms. The summed E-state index contributed by atoms with van der Waals surface area (Å²) in [6, 6.07) is 2.28. The number of pyridine rings is 1. The van der Waals surface area contributed by atoms with Gasteiger partial charge in [-0.05, 0) is 32.4 Å². The average molecular weight is 294 g/mol. The fourth-order valence-corrected chi connectivity index (χ4v) is 3.48. The molecule has 1 unspecified atom stereocenters.